The zero-order valence-corrected chi connectivity index (χ0v) is 19.3. The molecule has 1 amide bonds. The van der Waals surface area contributed by atoms with E-state index in [1.807, 2.05) is 53.6 Å². The molecule has 1 unspecified atom stereocenters. The van der Waals surface area contributed by atoms with Crippen molar-refractivity contribution in [2.24, 2.45) is 0 Å². The maximum absolute atomic E-state index is 13.2. The topological polar surface area (TPSA) is 53.4 Å². The molecule has 4 nitrogen and oxygen atoms in total. The third-order valence-corrected chi connectivity index (χ3v) is 7.08. The summed E-state index contributed by atoms with van der Waals surface area (Å²) in [4.78, 5) is 19.9. The van der Waals surface area contributed by atoms with E-state index < -0.39 is 5.92 Å². The number of rotatable bonds is 3. The normalized spacial score (nSPS) is 16.6. The van der Waals surface area contributed by atoms with Crippen molar-refractivity contribution in [3.05, 3.63) is 105 Å². The number of pyridine rings is 1. The van der Waals surface area contributed by atoms with Crippen LogP contribution in [0.1, 0.15) is 46.7 Å². The van der Waals surface area contributed by atoms with E-state index in [2.05, 4.69) is 18.2 Å². The summed E-state index contributed by atoms with van der Waals surface area (Å²) in [6.07, 6.45) is 5.33. The number of piperidine rings is 1. The number of benzene rings is 2. The number of aromatic nitrogens is 1. The number of hydrogen-bond donors (Lipinski definition) is 1. The summed E-state index contributed by atoms with van der Waals surface area (Å²) >= 11 is 6.33. The molecule has 5 rings (SSSR count). The van der Waals surface area contributed by atoms with E-state index in [0.717, 1.165) is 42.0 Å². The molecule has 1 aliphatic carbocycles. The molecule has 3 aromatic rings. The van der Waals surface area contributed by atoms with E-state index >= 15 is 0 Å². The molecule has 0 spiro atoms. The molecule has 2 heterocycles. The number of amides is 1. The standard InChI is InChI=1S/C28H27ClN2O2/c29-23-10-11-24-22(17-23)9-8-21-7-4-14-30-27(21)26(24)20-12-15-31(16-13-20)28(33)25(18-32)19-5-2-1-3-6-19/h1-7,10-11,14,17,25,32H,8-9,12-13,15-16,18H2. The second-order valence-corrected chi connectivity index (χ2v) is 9.20. The maximum atomic E-state index is 13.2. The third-order valence-electron chi connectivity index (χ3n) is 6.84. The number of aliphatic hydroxyl groups excluding tert-OH is 1. The van der Waals surface area contributed by atoms with Crippen LogP contribution in [-0.2, 0) is 17.6 Å². The van der Waals surface area contributed by atoms with Gasteiger partial charge in [-0.1, -0.05) is 59.6 Å². The number of aryl methyl sites for hydroxylation is 2. The Kier molecular flexibility index (Phi) is 6.30. The van der Waals surface area contributed by atoms with E-state index in [9.17, 15) is 9.90 Å². The molecule has 1 aliphatic heterocycles. The Hall–Kier alpha value is -2.95. The number of nitrogens with zero attached hydrogens (tertiary/aromatic N) is 2. The van der Waals surface area contributed by atoms with Crippen LogP contribution in [0.5, 0.6) is 0 Å². The largest absolute Gasteiger partial charge is 0.395 e. The van der Waals surface area contributed by atoms with Crippen molar-refractivity contribution in [1.29, 1.82) is 0 Å². The first-order valence-corrected chi connectivity index (χ1v) is 11.9. The SMILES string of the molecule is O=C(C(CO)c1ccccc1)N1CCC(=C2c3ccc(Cl)cc3CCc3cccnc32)CC1. The van der Waals surface area contributed by atoms with E-state index in [4.69, 9.17) is 16.6 Å². The van der Waals surface area contributed by atoms with Crippen molar-refractivity contribution in [1.82, 2.24) is 9.88 Å². The van der Waals surface area contributed by atoms with Crippen LogP contribution in [0.15, 0.2) is 72.4 Å². The van der Waals surface area contributed by atoms with Gasteiger partial charge in [0.05, 0.1) is 18.2 Å². The second kappa shape index (κ2) is 9.50. The van der Waals surface area contributed by atoms with Crippen LogP contribution in [0.4, 0.5) is 0 Å². The van der Waals surface area contributed by atoms with Crippen LogP contribution in [-0.4, -0.2) is 40.6 Å². The summed E-state index contributed by atoms with van der Waals surface area (Å²) < 4.78 is 0. The van der Waals surface area contributed by atoms with Gasteiger partial charge in [-0.25, -0.2) is 0 Å². The zero-order chi connectivity index (χ0) is 22.8. The lowest BCUT2D eigenvalue weighted by molar-refractivity contribution is -0.134. The van der Waals surface area contributed by atoms with Crippen molar-refractivity contribution in [2.75, 3.05) is 19.7 Å². The third kappa shape index (κ3) is 4.33. The monoisotopic (exact) mass is 458 g/mol. The quantitative estimate of drug-likeness (QED) is 0.598. The van der Waals surface area contributed by atoms with Crippen LogP contribution in [0.2, 0.25) is 5.02 Å². The molecule has 2 aromatic carbocycles. The number of likely N-dealkylation sites (tertiary alicyclic amines) is 1. The lowest BCUT2D eigenvalue weighted by Gasteiger charge is -2.32. The highest BCUT2D eigenvalue weighted by Gasteiger charge is 2.30. The molecule has 1 atom stereocenters. The Morgan fingerprint density at radius 3 is 2.48 bits per heavy atom. The number of fused-ring (bicyclic) bond motifs is 2. The molecule has 0 saturated carbocycles. The van der Waals surface area contributed by atoms with Gasteiger partial charge in [-0.3, -0.25) is 9.78 Å². The number of halogens is 1. The highest BCUT2D eigenvalue weighted by atomic mass is 35.5. The minimum Gasteiger partial charge on any atom is -0.395 e. The maximum Gasteiger partial charge on any atom is 0.232 e. The van der Waals surface area contributed by atoms with Gasteiger partial charge in [0, 0.05) is 29.9 Å². The van der Waals surface area contributed by atoms with Gasteiger partial charge < -0.3 is 10.0 Å². The summed E-state index contributed by atoms with van der Waals surface area (Å²) in [5.41, 5.74) is 8.20. The van der Waals surface area contributed by atoms with E-state index in [0.29, 0.717) is 13.1 Å². The fraction of sp³-hybridized carbons (Fsp3) is 0.286. The molecule has 2 aliphatic rings. The van der Waals surface area contributed by atoms with Gasteiger partial charge in [-0.15, -0.1) is 0 Å². The molecule has 1 fully saturated rings. The van der Waals surface area contributed by atoms with E-state index in [1.165, 1.54) is 27.8 Å². The predicted molar refractivity (Wildman–Crippen MR) is 131 cm³/mol. The molecular formula is C28H27ClN2O2. The minimum absolute atomic E-state index is 0.000626. The van der Waals surface area contributed by atoms with Gasteiger partial charge in [0.1, 0.15) is 0 Å². The summed E-state index contributed by atoms with van der Waals surface area (Å²) in [6, 6.07) is 19.9. The van der Waals surface area contributed by atoms with Crippen molar-refractivity contribution >= 4 is 23.1 Å². The van der Waals surface area contributed by atoms with Crippen molar-refractivity contribution in [3.63, 3.8) is 0 Å². The Balaban J connectivity index is 1.46. The predicted octanol–water partition coefficient (Wildman–Crippen LogP) is 5.03. The van der Waals surface area contributed by atoms with Crippen LogP contribution < -0.4 is 0 Å². The van der Waals surface area contributed by atoms with E-state index in [-0.39, 0.29) is 12.5 Å². The van der Waals surface area contributed by atoms with Gasteiger partial charge in [0.25, 0.3) is 0 Å². The van der Waals surface area contributed by atoms with Gasteiger partial charge in [0.15, 0.2) is 0 Å². The van der Waals surface area contributed by atoms with Gasteiger partial charge in [-0.2, -0.15) is 0 Å². The fourth-order valence-electron chi connectivity index (χ4n) is 5.11. The molecule has 0 bridgehead atoms. The average Bonchev–Trinajstić information content (AvgIpc) is 3.02. The number of carbonyl (C=O) groups excluding carboxylic acids is 1. The fourth-order valence-corrected chi connectivity index (χ4v) is 5.31. The highest BCUT2D eigenvalue weighted by Crippen LogP contribution is 2.38. The zero-order valence-electron chi connectivity index (χ0n) is 18.5. The van der Waals surface area contributed by atoms with Gasteiger partial charge >= 0.3 is 0 Å². The Bertz CT molecular complexity index is 1200. The molecule has 168 valence electrons. The smallest absolute Gasteiger partial charge is 0.232 e. The first kappa shape index (κ1) is 21.9. The molecule has 1 saturated heterocycles. The van der Waals surface area contributed by atoms with Crippen molar-refractivity contribution in [2.45, 2.75) is 31.6 Å². The minimum atomic E-state index is -0.511. The molecule has 33 heavy (non-hydrogen) atoms. The molecular weight excluding hydrogens is 432 g/mol. The molecule has 1 aromatic heterocycles. The van der Waals surface area contributed by atoms with Gasteiger partial charge in [-0.05, 0) is 66.1 Å². The number of hydrogen-bond acceptors (Lipinski definition) is 3. The van der Waals surface area contributed by atoms with Crippen molar-refractivity contribution in [3.8, 4) is 0 Å². The van der Waals surface area contributed by atoms with Crippen LogP contribution >= 0.6 is 11.6 Å². The van der Waals surface area contributed by atoms with Crippen LogP contribution in [0.3, 0.4) is 0 Å². The van der Waals surface area contributed by atoms with Crippen LogP contribution in [0.25, 0.3) is 5.57 Å². The number of aliphatic hydroxyl groups is 1. The summed E-state index contributed by atoms with van der Waals surface area (Å²) in [7, 11) is 0. The first-order valence-electron chi connectivity index (χ1n) is 11.6. The Morgan fingerprint density at radius 1 is 0.970 bits per heavy atom. The number of carbonyl (C=O) groups is 1. The molecule has 5 heteroatoms. The summed E-state index contributed by atoms with van der Waals surface area (Å²) in [5.74, 6) is -0.511. The molecule has 0 radical (unpaired) electrons. The Labute approximate surface area is 199 Å². The molecule has 1 N–H and O–H groups in total. The average molecular weight is 459 g/mol. The van der Waals surface area contributed by atoms with Crippen molar-refractivity contribution < 1.29 is 9.90 Å². The lowest BCUT2D eigenvalue weighted by Crippen LogP contribution is -2.40. The van der Waals surface area contributed by atoms with Crippen LogP contribution in [0, 0.1) is 0 Å². The lowest BCUT2D eigenvalue weighted by atomic mass is 9.88. The van der Waals surface area contributed by atoms with Gasteiger partial charge in [0.2, 0.25) is 5.91 Å². The highest BCUT2D eigenvalue weighted by molar-refractivity contribution is 6.30. The summed E-state index contributed by atoms with van der Waals surface area (Å²) in [6.45, 7) is 1.11. The second-order valence-electron chi connectivity index (χ2n) is 8.76. The Morgan fingerprint density at radius 2 is 1.73 bits per heavy atom. The van der Waals surface area contributed by atoms with E-state index in [1.54, 1.807) is 0 Å². The first-order chi connectivity index (χ1) is 16.2. The summed E-state index contributed by atoms with van der Waals surface area (Å²) in [5, 5.41) is 10.7.